The van der Waals surface area contributed by atoms with Gasteiger partial charge in [0.05, 0.1) is 5.60 Å². The van der Waals surface area contributed by atoms with Crippen molar-refractivity contribution in [2.24, 2.45) is 0 Å². The molecule has 0 aliphatic heterocycles. The maximum absolute atomic E-state index is 11.7. The number of thioether (sulfide) groups is 1. The average Bonchev–Trinajstić information content (AvgIpc) is 2.36. The summed E-state index contributed by atoms with van der Waals surface area (Å²) in [4.78, 5) is 23.3. The molecule has 0 saturated heterocycles. The molecular weight excluding hydrogens is 276 g/mol. The quantitative estimate of drug-likeness (QED) is 0.713. The molecule has 0 bridgehead atoms. The van der Waals surface area contributed by atoms with E-state index in [2.05, 4.69) is 10.6 Å². The van der Waals surface area contributed by atoms with Crippen LogP contribution in [-0.4, -0.2) is 41.1 Å². The number of amides is 2. The summed E-state index contributed by atoms with van der Waals surface area (Å²) < 4.78 is 0. The summed E-state index contributed by atoms with van der Waals surface area (Å²) in [7, 11) is 0. The molecule has 1 unspecified atom stereocenters. The van der Waals surface area contributed by atoms with Crippen molar-refractivity contribution in [1.82, 2.24) is 5.32 Å². The summed E-state index contributed by atoms with van der Waals surface area (Å²) in [5.74, 6) is -1.02. The number of rotatable bonds is 5. The normalized spacial score (nSPS) is 13.4. The van der Waals surface area contributed by atoms with Gasteiger partial charge in [0.25, 0.3) is 0 Å². The third-order valence-electron chi connectivity index (χ3n) is 2.57. The highest BCUT2D eigenvalue weighted by Gasteiger charge is 2.22. The zero-order valence-electron chi connectivity index (χ0n) is 11.9. The van der Waals surface area contributed by atoms with Crippen molar-refractivity contribution in [3.8, 4) is 0 Å². The zero-order valence-corrected chi connectivity index (χ0v) is 12.7. The summed E-state index contributed by atoms with van der Waals surface area (Å²) in [6, 6.07) is 7.18. The molecule has 0 aromatic heterocycles. The lowest BCUT2D eigenvalue weighted by molar-refractivity contribution is -0.136. The van der Waals surface area contributed by atoms with Crippen LogP contribution in [0.2, 0.25) is 0 Å². The summed E-state index contributed by atoms with van der Waals surface area (Å²) in [5.41, 5.74) is 0.533. The molecule has 2 amide bonds. The van der Waals surface area contributed by atoms with E-state index in [0.29, 0.717) is 11.4 Å². The minimum Gasteiger partial charge on any atom is -0.387 e. The first-order chi connectivity index (χ1) is 9.34. The second-order valence-electron chi connectivity index (χ2n) is 4.94. The van der Waals surface area contributed by atoms with Crippen LogP contribution >= 0.6 is 11.8 Å². The van der Waals surface area contributed by atoms with Crippen LogP contribution in [0.3, 0.4) is 0 Å². The average molecular weight is 296 g/mol. The number of hydrogen-bond acceptors (Lipinski definition) is 4. The zero-order chi connectivity index (χ0) is 15.2. The topological polar surface area (TPSA) is 78.4 Å². The standard InChI is InChI=1S/C14H20N2O3S/c1-10-5-4-6-11(7-10)16-13(18)12(17)15-8-14(2,19)9-20-3/h4-7,19H,8-9H2,1-3H3,(H,15,17)(H,16,18). The van der Waals surface area contributed by atoms with Gasteiger partial charge >= 0.3 is 11.8 Å². The van der Waals surface area contributed by atoms with E-state index in [-0.39, 0.29) is 6.54 Å². The Balaban J connectivity index is 2.50. The van der Waals surface area contributed by atoms with Gasteiger partial charge in [0, 0.05) is 18.0 Å². The van der Waals surface area contributed by atoms with Gasteiger partial charge in [-0.15, -0.1) is 0 Å². The summed E-state index contributed by atoms with van der Waals surface area (Å²) in [5, 5.41) is 14.8. The fraction of sp³-hybridized carbons (Fsp3) is 0.429. The molecule has 6 heteroatoms. The van der Waals surface area contributed by atoms with Crippen molar-refractivity contribution in [2.45, 2.75) is 19.4 Å². The predicted molar refractivity (Wildman–Crippen MR) is 81.8 cm³/mol. The highest BCUT2D eigenvalue weighted by Crippen LogP contribution is 2.10. The molecule has 0 radical (unpaired) electrons. The Bertz CT molecular complexity index is 489. The van der Waals surface area contributed by atoms with Crippen molar-refractivity contribution in [3.63, 3.8) is 0 Å². The summed E-state index contributed by atoms with van der Waals surface area (Å²) >= 11 is 1.47. The lowest BCUT2D eigenvalue weighted by Gasteiger charge is -2.22. The van der Waals surface area contributed by atoms with Crippen LogP contribution in [0.1, 0.15) is 12.5 Å². The van der Waals surface area contributed by atoms with Gasteiger partial charge < -0.3 is 15.7 Å². The van der Waals surface area contributed by atoms with E-state index in [4.69, 9.17) is 0 Å². The number of nitrogens with one attached hydrogen (secondary N) is 2. The first-order valence-corrected chi connectivity index (χ1v) is 7.60. The van der Waals surface area contributed by atoms with Crippen molar-refractivity contribution >= 4 is 29.3 Å². The molecule has 0 aliphatic rings. The lowest BCUT2D eigenvalue weighted by Crippen LogP contribution is -2.45. The molecule has 1 rings (SSSR count). The Hall–Kier alpha value is -1.53. The minimum absolute atomic E-state index is 0.0356. The van der Waals surface area contributed by atoms with E-state index in [0.717, 1.165) is 5.56 Å². The number of aliphatic hydroxyl groups is 1. The molecule has 0 aliphatic carbocycles. The van der Waals surface area contributed by atoms with E-state index in [1.807, 2.05) is 19.2 Å². The Morgan fingerprint density at radius 1 is 1.35 bits per heavy atom. The van der Waals surface area contributed by atoms with Crippen LogP contribution in [0, 0.1) is 6.92 Å². The molecule has 110 valence electrons. The molecule has 1 atom stereocenters. The number of hydrogen-bond donors (Lipinski definition) is 3. The molecule has 0 heterocycles. The SMILES string of the molecule is CSCC(C)(O)CNC(=O)C(=O)Nc1cccc(C)c1. The van der Waals surface area contributed by atoms with E-state index in [1.165, 1.54) is 11.8 Å². The monoisotopic (exact) mass is 296 g/mol. The fourth-order valence-electron chi connectivity index (χ4n) is 1.62. The largest absolute Gasteiger partial charge is 0.387 e. The van der Waals surface area contributed by atoms with E-state index in [9.17, 15) is 14.7 Å². The molecule has 0 spiro atoms. The van der Waals surface area contributed by atoms with Gasteiger partial charge in [0.1, 0.15) is 0 Å². The Kier molecular flexibility index (Phi) is 6.04. The van der Waals surface area contributed by atoms with Crippen molar-refractivity contribution in [3.05, 3.63) is 29.8 Å². The Morgan fingerprint density at radius 2 is 2.05 bits per heavy atom. The van der Waals surface area contributed by atoms with Gasteiger partial charge in [-0.3, -0.25) is 9.59 Å². The lowest BCUT2D eigenvalue weighted by atomic mass is 10.1. The van der Waals surface area contributed by atoms with Crippen molar-refractivity contribution < 1.29 is 14.7 Å². The second-order valence-corrected chi connectivity index (χ2v) is 5.80. The van der Waals surface area contributed by atoms with Crippen LogP contribution in [0.15, 0.2) is 24.3 Å². The van der Waals surface area contributed by atoms with Crippen molar-refractivity contribution in [2.75, 3.05) is 23.9 Å². The Labute approximate surface area is 123 Å². The number of carbonyl (C=O) groups is 2. The summed E-state index contributed by atoms with van der Waals surface area (Å²) in [6.07, 6.45) is 1.86. The van der Waals surface area contributed by atoms with Crippen LogP contribution in [0.4, 0.5) is 5.69 Å². The van der Waals surface area contributed by atoms with E-state index in [1.54, 1.807) is 25.1 Å². The van der Waals surface area contributed by atoms with Crippen LogP contribution in [0.5, 0.6) is 0 Å². The molecule has 0 saturated carbocycles. The second kappa shape index (κ2) is 7.31. The van der Waals surface area contributed by atoms with E-state index < -0.39 is 17.4 Å². The number of benzene rings is 1. The number of anilines is 1. The van der Waals surface area contributed by atoms with Gasteiger partial charge in [0.2, 0.25) is 0 Å². The molecule has 1 aromatic rings. The minimum atomic E-state index is -1.03. The smallest absolute Gasteiger partial charge is 0.313 e. The molecule has 3 N–H and O–H groups in total. The number of aryl methyl sites for hydroxylation is 1. The molecule has 20 heavy (non-hydrogen) atoms. The van der Waals surface area contributed by atoms with Gasteiger partial charge in [-0.1, -0.05) is 12.1 Å². The molecule has 1 aromatic carbocycles. The molecule has 0 fully saturated rings. The van der Waals surface area contributed by atoms with Crippen LogP contribution in [-0.2, 0) is 9.59 Å². The Morgan fingerprint density at radius 3 is 2.65 bits per heavy atom. The fourth-order valence-corrected chi connectivity index (χ4v) is 2.35. The molecule has 5 nitrogen and oxygen atoms in total. The van der Waals surface area contributed by atoms with Gasteiger partial charge in [-0.05, 0) is 37.8 Å². The van der Waals surface area contributed by atoms with Gasteiger partial charge in [0.15, 0.2) is 0 Å². The van der Waals surface area contributed by atoms with Gasteiger partial charge in [-0.2, -0.15) is 11.8 Å². The maximum Gasteiger partial charge on any atom is 0.313 e. The third-order valence-corrected chi connectivity index (χ3v) is 3.48. The van der Waals surface area contributed by atoms with Crippen molar-refractivity contribution in [1.29, 1.82) is 0 Å². The number of carbonyl (C=O) groups excluding carboxylic acids is 2. The predicted octanol–water partition coefficient (Wildman–Crippen LogP) is 1.16. The first-order valence-electron chi connectivity index (χ1n) is 6.21. The van der Waals surface area contributed by atoms with E-state index >= 15 is 0 Å². The third kappa shape index (κ3) is 5.63. The van der Waals surface area contributed by atoms with Crippen LogP contribution in [0.25, 0.3) is 0 Å². The highest BCUT2D eigenvalue weighted by atomic mass is 32.2. The summed E-state index contributed by atoms with van der Waals surface area (Å²) in [6.45, 7) is 3.55. The maximum atomic E-state index is 11.7. The van der Waals surface area contributed by atoms with Crippen LogP contribution < -0.4 is 10.6 Å². The molecular formula is C14H20N2O3S. The highest BCUT2D eigenvalue weighted by molar-refractivity contribution is 7.98. The van der Waals surface area contributed by atoms with Gasteiger partial charge in [-0.25, -0.2) is 0 Å². The first kappa shape index (κ1) is 16.5.